The first kappa shape index (κ1) is 21.8. The monoisotopic (exact) mass is 471 g/mol. The predicted molar refractivity (Wildman–Crippen MR) is 145 cm³/mol. The van der Waals surface area contributed by atoms with E-state index in [1.165, 1.54) is 0 Å². The molecule has 0 radical (unpaired) electrons. The van der Waals surface area contributed by atoms with Gasteiger partial charge in [-0.15, -0.1) is 0 Å². The second-order valence-corrected chi connectivity index (χ2v) is 8.54. The minimum Gasteiger partial charge on any atom is -0.496 e. The number of fused-ring (bicyclic) bond motifs is 2. The van der Waals surface area contributed by atoms with Gasteiger partial charge < -0.3 is 19.1 Å². The van der Waals surface area contributed by atoms with E-state index in [9.17, 15) is 0 Å². The molecule has 0 aromatic heterocycles. The van der Waals surface area contributed by atoms with Gasteiger partial charge in [0.15, 0.2) is 11.5 Å². The Labute approximate surface area is 210 Å². The summed E-state index contributed by atoms with van der Waals surface area (Å²) in [5.41, 5.74) is 7.22. The molecule has 0 saturated heterocycles. The van der Waals surface area contributed by atoms with Gasteiger partial charge in [0.25, 0.3) is 0 Å². The van der Waals surface area contributed by atoms with Crippen LogP contribution in [-0.2, 0) is 0 Å². The normalized spacial score (nSPS) is 11.8. The summed E-state index contributed by atoms with van der Waals surface area (Å²) in [4.78, 5) is 2.24. The van der Waals surface area contributed by atoms with Crippen LogP contribution in [0.2, 0.25) is 0 Å². The molecular formula is C32H25NO3. The highest BCUT2D eigenvalue weighted by atomic mass is 16.5. The first-order valence-electron chi connectivity index (χ1n) is 11.8. The highest BCUT2D eigenvalue weighted by Crippen LogP contribution is 2.51. The van der Waals surface area contributed by atoms with Crippen molar-refractivity contribution in [3.63, 3.8) is 0 Å². The first-order chi connectivity index (χ1) is 17.8. The van der Waals surface area contributed by atoms with E-state index in [1.807, 2.05) is 60.7 Å². The lowest BCUT2D eigenvalue weighted by Gasteiger charge is -2.33. The smallest absolute Gasteiger partial charge is 0.151 e. The summed E-state index contributed by atoms with van der Waals surface area (Å²) in [5.74, 6) is 3.31. The Morgan fingerprint density at radius 1 is 0.528 bits per heavy atom. The van der Waals surface area contributed by atoms with Crippen LogP contribution in [-0.4, -0.2) is 14.2 Å². The highest BCUT2D eigenvalue weighted by molar-refractivity contribution is 5.89. The number of hydrogen-bond acceptors (Lipinski definition) is 4. The molecule has 0 aliphatic carbocycles. The van der Waals surface area contributed by atoms with Gasteiger partial charge in [-0.1, -0.05) is 60.7 Å². The van der Waals surface area contributed by atoms with Crippen molar-refractivity contribution < 1.29 is 14.2 Å². The SMILES string of the molecule is COc1ccccc1-c1cccc(-c2cc(N3c4ccccc4Oc4ccccc43)ccc2OC)c1. The van der Waals surface area contributed by atoms with Crippen molar-refractivity contribution in [2.24, 2.45) is 0 Å². The molecule has 4 heteroatoms. The van der Waals surface area contributed by atoms with E-state index < -0.39 is 0 Å². The van der Waals surface area contributed by atoms with Gasteiger partial charge in [-0.2, -0.15) is 0 Å². The molecule has 0 N–H and O–H groups in total. The molecule has 0 amide bonds. The zero-order chi connectivity index (χ0) is 24.5. The predicted octanol–water partition coefficient (Wildman–Crippen LogP) is 8.61. The summed E-state index contributed by atoms with van der Waals surface area (Å²) < 4.78 is 17.6. The summed E-state index contributed by atoms with van der Waals surface area (Å²) >= 11 is 0. The van der Waals surface area contributed by atoms with Crippen molar-refractivity contribution in [2.75, 3.05) is 19.1 Å². The molecule has 1 aliphatic heterocycles. The maximum Gasteiger partial charge on any atom is 0.151 e. The topological polar surface area (TPSA) is 30.9 Å². The second kappa shape index (κ2) is 9.16. The van der Waals surface area contributed by atoms with Gasteiger partial charge in [-0.3, -0.25) is 0 Å². The van der Waals surface area contributed by atoms with E-state index >= 15 is 0 Å². The second-order valence-electron chi connectivity index (χ2n) is 8.54. The maximum absolute atomic E-state index is 6.20. The Hall–Kier alpha value is -4.70. The molecule has 36 heavy (non-hydrogen) atoms. The Kier molecular flexibility index (Phi) is 5.55. The molecule has 1 heterocycles. The van der Waals surface area contributed by atoms with Gasteiger partial charge in [0, 0.05) is 16.8 Å². The minimum atomic E-state index is 0.811. The lowest BCUT2D eigenvalue weighted by molar-refractivity contribution is 0.416. The number of anilines is 3. The average molecular weight is 472 g/mol. The van der Waals surface area contributed by atoms with Gasteiger partial charge in [0.1, 0.15) is 11.5 Å². The van der Waals surface area contributed by atoms with Crippen LogP contribution in [0.1, 0.15) is 0 Å². The molecule has 0 fully saturated rings. The molecule has 1 aliphatic rings. The van der Waals surface area contributed by atoms with Crippen molar-refractivity contribution in [1.82, 2.24) is 0 Å². The Bertz CT molecular complexity index is 1510. The van der Waals surface area contributed by atoms with E-state index in [4.69, 9.17) is 14.2 Å². The van der Waals surface area contributed by atoms with E-state index in [1.54, 1.807) is 14.2 Å². The molecule has 0 bridgehead atoms. The summed E-state index contributed by atoms with van der Waals surface area (Å²) in [7, 11) is 3.41. The lowest BCUT2D eigenvalue weighted by atomic mass is 9.97. The van der Waals surface area contributed by atoms with Crippen molar-refractivity contribution in [3.05, 3.63) is 115 Å². The Balaban J connectivity index is 1.50. The van der Waals surface area contributed by atoms with E-state index in [0.29, 0.717) is 0 Å². The van der Waals surface area contributed by atoms with Crippen molar-refractivity contribution in [2.45, 2.75) is 0 Å². The molecular weight excluding hydrogens is 446 g/mol. The summed E-state index contributed by atoms with van der Waals surface area (Å²) in [6, 6.07) is 39.0. The third-order valence-corrected chi connectivity index (χ3v) is 6.47. The Morgan fingerprint density at radius 2 is 1.11 bits per heavy atom. The quantitative estimate of drug-likeness (QED) is 0.252. The summed E-state index contributed by atoms with van der Waals surface area (Å²) in [6.07, 6.45) is 0. The molecule has 176 valence electrons. The number of rotatable bonds is 5. The number of para-hydroxylation sites is 5. The molecule has 5 aromatic carbocycles. The summed E-state index contributed by atoms with van der Waals surface area (Å²) in [5, 5.41) is 0. The van der Waals surface area contributed by atoms with E-state index in [-0.39, 0.29) is 0 Å². The lowest BCUT2D eigenvalue weighted by Crippen LogP contribution is -2.15. The van der Waals surface area contributed by atoms with Crippen LogP contribution in [0, 0.1) is 0 Å². The largest absolute Gasteiger partial charge is 0.496 e. The average Bonchev–Trinajstić information content (AvgIpc) is 2.95. The zero-order valence-electron chi connectivity index (χ0n) is 20.1. The van der Waals surface area contributed by atoms with Crippen molar-refractivity contribution >= 4 is 17.1 Å². The van der Waals surface area contributed by atoms with Crippen LogP contribution in [0.25, 0.3) is 22.3 Å². The van der Waals surface area contributed by atoms with Crippen LogP contribution in [0.15, 0.2) is 115 Å². The molecule has 0 saturated carbocycles. The number of hydrogen-bond donors (Lipinski definition) is 0. The molecule has 0 unspecified atom stereocenters. The third kappa shape index (κ3) is 3.73. The highest BCUT2D eigenvalue weighted by Gasteiger charge is 2.26. The summed E-state index contributed by atoms with van der Waals surface area (Å²) in [6.45, 7) is 0. The van der Waals surface area contributed by atoms with Crippen LogP contribution in [0.5, 0.6) is 23.0 Å². The van der Waals surface area contributed by atoms with Gasteiger partial charge in [0.05, 0.1) is 25.6 Å². The van der Waals surface area contributed by atoms with Crippen molar-refractivity contribution in [3.8, 4) is 45.3 Å². The molecule has 4 nitrogen and oxygen atoms in total. The number of benzene rings is 5. The number of methoxy groups -OCH3 is 2. The molecule has 0 atom stereocenters. The minimum absolute atomic E-state index is 0.811. The van der Waals surface area contributed by atoms with Crippen LogP contribution in [0.4, 0.5) is 17.1 Å². The fourth-order valence-corrected chi connectivity index (χ4v) is 4.78. The Morgan fingerprint density at radius 3 is 1.81 bits per heavy atom. The standard InChI is InChI=1S/C32H25NO3/c1-34-29-15-6-3-12-25(29)22-10-9-11-23(20-22)26-21-24(18-19-30(26)35-2)33-27-13-4-7-16-31(27)36-32-17-8-5-14-28(32)33/h3-21H,1-2H3. The fourth-order valence-electron chi connectivity index (χ4n) is 4.78. The van der Waals surface area contributed by atoms with Crippen LogP contribution in [0.3, 0.4) is 0 Å². The third-order valence-electron chi connectivity index (χ3n) is 6.47. The van der Waals surface area contributed by atoms with Gasteiger partial charge in [-0.05, 0) is 65.7 Å². The maximum atomic E-state index is 6.20. The van der Waals surface area contributed by atoms with Crippen LogP contribution >= 0.6 is 0 Å². The van der Waals surface area contributed by atoms with Gasteiger partial charge in [0.2, 0.25) is 0 Å². The number of nitrogens with zero attached hydrogens (tertiary/aromatic N) is 1. The molecule has 6 rings (SSSR count). The van der Waals surface area contributed by atoms with Gasteiger partial charge >= 0.3 is 0 Å². The zero-order valence-corrected chi connectivity index (χ0v) is 20.1. The fraction of sp³-hybridized carbons (Fsp3) is 0.0625. The van der Waals surface area contributed by atoms with E-state index in [2.05, 4.69) is 59.5 Å². The van der Waals surface area contributed by atoms with Crippen LogP contribution < -0.4 is 19.1 Å². The van der Waals surface area contributed by atoms with E-state index in [0.717, 1.165) is 62.3 Å². The first-order valence-corrected chi connectivity index (χ1v) is 11.8. The van der Waals surface area contributed by atoms with Crippen molar-refractivity contribution in [1.29, 1.82) is 0 Å². The molecule has 0 spiro atoms. The molecule has 5 aromatic rings. The van der Waals surface area contributed by atoms with Gasteiger partial charge in [-0.25, -0.2) is 0 Å². The number of ether oxygens (including phenoxy) is 3.